The molecule has 0 atom stereocenters. The van der Waals surface area contributed by atoms with Crippen LogP contribution in [0.5, 0.6) is 0 Å². The van der Waals surface area contributed by atoms with Gasteiger partial charge in [-0.25, -0.2) is 9.97 Å². The second-order valence-corrected chi connectivity index (χ2v) is 18.1. The number of aromatic nitrogens is 2. The van der Waals surface area contributed by atoms with E-state index in [1.807, 2.05) is 17.4 Å². The topological polar surface area (TPSA) is 25.8 Å². The van der Waals surface area contributed by atoms with Crippen LogP contribution in [0.25, 0.3) is 109 Å². The highest BCUT2D eigenvalue weighted by Gasteiger charge is 2.36. The fraction of sp³-hybridized carbons (Fsp3) is 0.0508. The Morgan fingerprint density at radius 3 is 1.74 bits per heavy atom. The third kappa shape index (κ3) is 6.08. The maximum absolute atomic E-state index is 5.36. The molecule has 0 aliphatic heterocycles. The van der Waals surface area contributed by atoms with Crippen LogP contribution in [-0.4, -0.2) is 9.97 Å². The van der Waals surface area contributed by atoms with Crippen molar-refractivity contribution in [2.45, 2.75) is 19.3 Å². The van der Waals surface area contributed by atoms with Crippen LogP contribution in [-0.2, 0) is 5.41 Å². The van der Waals surface area contributed by atoms with Crippen LogP contribution in [0.15, 0.2) is 206 Å². The molecule has 0 saturated heterocycles. The Labute approximate surface area is 365 Å². The molecule has 0 radical (unpaired) electrons. The van der Waals surface area contributed by atoms with E-state index in [2.05, 4.69) is 214 Å². The quantitative estimate of drug-likeness (QED) is 0.167. The predicted molar refractivity (Wildman–Crippen MR) is 263 cm³/mol. The fourth-order valence-corrected chi connectivity index (χ4v) is 10.7. The molecule has 0 saturated carbocycles. The Hall–Kier alpha value is -7.46. The Morgan fingerprint density at radius 1 is 0.339 bits per heavy atom. The Balaban J connectivity index is 1.04. The van der Waals surface area contributed by atoms with Gasteiger partial charge in [0.15, 0.2) is 5.82 Å². The Morgan fingerprint density at radius 2 is 0.935 bits per heavy atom. The van der Waals surface area contributed by atoms with Gasteiger partial charge in [-0.1, -0.05) is 159 Å². The molecule has 0 N–H and O–H groups in total. The molecule has 11 aromatic rings. The van der Waals surface area contributed by atoms with E-state index in [1.165, 1.54) is 64.3 Å². The first-order chi connectivity index (χ1) is 30.4. The van der Waals surface area contributed by atoms with Crippen molar-refractivity contribution in [3.8, 4) is 78.4 Å². The highest BCUT2D eigenvalue weighted by atomic mass is 32.1. The van der Waals surface area contributed by atoms with Crippen LogP contribution in [0.1, 0.15) is 25.0 Å². The van der Waals surface area contributed by atoms with Gasteiger partial charge in [0.1, 0.15) is 0 Å². The first-order valence-corrected chi connectivity index (χ1v) is 22.1. The SMILES string of the molecule is CC1(C)c2ccc(-c3ccccc3-c3cc(-c4cc(-c5ccccc5)cc(-c5ccc6sc7ccccc7c6c5)c4)nc(-c4ccccc4)n3)cc2-c2cc3ccccc3cc21. The molecule has 0 bridgehead atoms. The summed E-state index contributed by atoms with van der Waals surface area (Å²) >= 11 is 1.85. The maximum atomic E-state index is 5.36. The number of hydrogen-bond donors (Lipinski definition) is 0. The van der Waals surface area contributed by atoms with Gasteiger partial charge in [-0.3, -0.25) is 0 Å². The zero-order chi connectivity index (χ0) is 41.4. The minimum atomic E-state index is -0.102. The van der Waals surface area contributed by atoms with Gasteiger partial charge >= 0.3 is 0 Å². The normalized spacial score (nSPS) is 12.8. The Bertz CT molecular complexity index is 3540. The van der Waals surface area contributed by atoms with Crippen LogP contribution in [0, 0.1) is 0 Å². The average Bonchev–Trinajstić information content (AvgIpc) is 3.81. The summed E-state index contributed by atoms with van der Waals surface area (Å²) in [7, 11) is 0. The van der Waals surface area contributed by atoms with Crippen molar-refractivity contribution in [1.82, 2.24) is 9.97 Å². The highest BCUT2D eigenvalue weighted by molar-refractivity contribution is 7.25. The van der Waals surface area contributed by atoms with Crippen molar-refractivity contribution in [3.63, 3.8) is 0 Å². The van der Waals surface area contributed by atoms with Gasteiger partial charge < -0.3 is 0 Å². The lowest BCUT2D eigenvalue weighted by Crippen LogP contribution is -2.14. The molecule has 9 aromatic carbocycles. The molecule has 12 rings (SSSR count). The third-order valence-corrected chi connectivity index (χ3v) is 14.0. The summed E-state index contributed by atoms with van der Waals surface area (Å²) in [5.74, 6) is 0.697. The van der Waals surface area contributed by atoms with E-state index in [0.29, 0.717) is 5.82 Å². The van der Waals surface area contributed by atoms with Gasteiger partial charge in [-0.05, 0) is 127 Å². The lowest BCUT2D eigenvalue weighted by Gasteiger charge is -2.22. The van der Waals surface area contributed by atoms with Gasteiger partial charge in [0.05, 0.1) is 11.4 Å². The fourth-order valence-electron chi connectivity index (χ4n) is 9.66. The first-order valence-electron chi connectivity index (χ1n) is 21.3. The minimum Gasteiger partial charge on any atom is -0.228 e. The van der Waals surface area contributed by atoms with Gasteiger partial charge in [0.25, 0.3) is 0 Å². The number of benzene rings is 9. The molecular formula is C59H40N2S. The first kappa shape index (κ1) is 36.4. The molecule has 1 aliphatic carbocycles. The van der Waals surface area contributed by atoms with Crippen molar-refractivity contribution in [1.29, 1.82) is 0 Å². The lowest BCUT2D eigenvalue weighted by atomic mass is 9.81. The molecule has 1 aliphatic rings. The van der Waals surface area contributed by atoms with Crippen LogP contribution in [0.4, 0.5) is 0 Å². The second-order valence-electron chi connectivity index (χ2n) is 17.0. The van der Waals surface area contributed by atoms with Gasteiger partial charge in [0.2, 0.25) is 0 Å². The molecule has 2 heterocycles. The largest absolute Gasteiger partial charge is 0.228 e. The molecule has 0 spiro atoms. The van der Waals surface area contributed by atoms with Crippen LogP contribution >= 0.6 is 11.3 Å². The zero-order valence-corrected chi connectivity index (χ0v) is 35.2. The lowest BCUT2D eigenvalue weighted by molar-refractivity contribution is 0.661. The van der Waals surface area contributed by atoms with E-state index in [4.69, 9.17) is 9.97 Å². The average molecular weight is 809 g/mol. The van der Waals surface area contributed by atoms with E-state index < -0.39 is 0 Å². The van der Waals surface area contributed by atoms with Crippen molar-refractivity contribution in [2.75, 3.05) is 0 Å². The summed E-state index contributed by atoms with van der Waals surface area (Å²) in [6.45, 7) is 4.71. The second kappa shape index (κ2) is 14.3. The summed E-state index contributed by atoms with van der Waals surface area (Å²) in [5.41, 5.74) is 17.0. The summed E-state index contributed by atoms with van der Waals surface area (Å²) < 4.78 is 2.61. The highest BCUT2D eigenvalue weighted by Crippen LogP contribution is 2.51. The summed E-state index contributed by atoms with van der Waals surface area (Å²) in [6, 6.07) is 75.0. The summed E-state index contributed by atoms with van der Waals surface area (Å²) in [4.78, 5) is 10.7. The molecule has 292 valence electrons. The molecule has 3 heteroatoms. The van der Waals surface area contributed by atoms with E-state index in [9.17, 15) is 0 Å². The van der Waals surface area contributed by atoms with E-state index in [1.54, 1.807) is 0 Å². The van der Waals surface area contributed by atoms with E-state index in [-0.39, 0.29) is 5.41 Å². The molecule has 0 unspecified atom stereocenters. The number of hydrogen-bond acceptors (Lipinski definition) is 3. The molecule has 2 aromatic heterocycles. The number of rotatable bonds is 6. The minimum absolute atomic E-state index is 0.102. The molecule has 0 amide bonds. The molecule has 2 nitrogen and oxygen atoms in total. The number of nitrogens with zero attached hydrogens (tertiary/aromatic N) is 2. The van der Waals surface area contributed by atoms with Crippen molar-refractivity contribution < 1.29 is 0 Å². The molecule has 62 heavy (non-hydrogen) atoms. The van der Waals surface area contributed by atoms with Gasteiger partial charge in [-0.15, -0.1) is 11.3 Å². The van der Waals surface area contributed by atoms with Crippen LogP contribution in [0.2, 0.25) is 0 Å². The molecule has 0 fully saturated rings. The maximum Gasteiger partial charge on any atom is 0.160 e. The third-order valence-electron chi connectivity index (χ3n) is 12.9. The van der Waals surface area contributed by atoms with Crippen LogP contribution < -0.4 is 0 Å². The van der Waals surface area contributed by atoms with E-state index in [0.717, 1.165) is 50.3 Å². The van der Waals surface area contributed by atoms with Crippen LogP contribution in [0.3, 0.4) is 0 Å². The van der Waals surface area contributed by atoms with Crippen molar-refractivity contribution in [2.24, 2.45) is 0 Å². The smallest absolute Gasteiger partial charge is 0.160 e. The monoisotopic (exact) mass is 808 g/mol. The van der Waals surface area contributed by atoms with Gasteiger partial charge in [0, 0.05) is 42.3 Å². The summed E-state index contributed by atoms with van der Waals surface area (Å²) in [5, 5.41) is 5.13. The van der Waals surface area contributed by atoms with E-state index >= 15 is 0 Å². The Kier molecular flexibility index (Phi) is 8.41. The number of thiophene rings is 1. The molecular weight excluding hydrogens is 769 g/mol. The zero-order valence-electron chi connectivity index (χ0n) is 34.4. The number of fused-ring (bicyclic) bond motifs is 7. The standard InChI is InChI=1S/C59H40N2S/c1-59(2)52-27-25-42(34-49(52)50-32-39-19-9-10-20-40(39)35-53(50)59)46-21-11-12-22-47(46)55-36-54(60-58(61-55)38-17-7-4-8-18-38)45-30-43(37-15-5-3-6-16-37)29-44(31-45)41-26-28-57-51(33-41)48-23-13-14-24-56(48)62-57/h3-36H,1-2H3. The van der Waals surface area contributed by atoms with Crippen molar-refractivity contribution in [3.05, 3.63) is 217 Å². The summed E-state index contributed by atoms with van der Waals surface area (Å²) in [6.07, 6.45) is 0. The van der Waals surface area contributed by atoms with Gasteiger partial charge in [-0.2, -0.15) is 0 Å². The van der Waals surface area contributed by atoms with Crippen molar-refractivity contribution >= 4 is 42.3 Å². The predicted octanol–water partition coefficient (Wildman–Crippen LogP) is 16.3.